The van der Waals surface area contributed by atoms with E-state index in [-0.39, 0.29) is 36.5 Å². The number of hydrogen-bond donors (Lipinski definition) is 1. The topological polar surface area (TPSA) is 87.2 Å². The summed E-state index contributed by atoms with van der Waals surface area (Å²) in [6.45, 7) is 5.12. The molecule has 2 atom stereocenters. The van der Waals surface area contributed by atoms with E-state index in [4.69, 9.17) is 5.73 Å². The van der Waals surface area contributed by atoms with Crippen molar-refractivity contribution in [2.45, 2.75) is 63.8 Å². The van der Waals surface area contributed by atoms with Gasteiger partial charge in [0.2, 0.25) is 5.91 Å². The lowest BCUT2D eigenvalue weighted by atomic mass is 9.95. The van der Waals surface area contributed by atoms with Crippen LogP contribution < -0.4 is 5.73 Å². The third-order valence-corrected chi connectivity index (χ3v) is 6.09. The Kier molecular flexibility index (Phi) is 7.18. The zero-order valence-corrected chi connectivity index (χ0v) is 19.4. The summed E-state index contributed by atoms with van der Waals surface area (Å²) >= 11 is 0. The first-order valence-electron chi connectivity index (χ1n) is 11.2. The van der Waals surface area contributed by atoms with Crippen LogP contribution in [-0.2, 0) is 4.79 Å². The third-order valence-electron chi connectivity index (χ3n) is 6.09. The molecule has 2 aromatic rings. The van der Waals surface area contributed by atoms with Crippen molar-refractivity contribution in [1.82, 2.24) is 4.90 Å². The maximum Gasteiger partial charge on any atom is 0.413 e. The normalized spacial score (nSPS) is 16.4. The molecule has 180 valence electrons. The Balaban J connectivity index is 2.00. The Morgan fingerprint density at radius 3 is 1.94 bits per heavy atom. The van der Waals surface area contributed by atoms with E-state index in [0.29, 0.717) is 16.0 Å². The lowest BCUT2D eigenvalue weighted by molar-refractivity contribution is -0.197. The molecule has 3 rings (SSSR count). The lowest BCUT2D eigenvalue weighted by Gasteiger charge is -2.38. The van der Waals surface area contributed by atoms with Gasteiger partial charge >= 0.3 is 6.18 Å². The average Bonchev–Trinajstić information content (AvgIpc) is 3.57. The number of halogens is 3. The molecule has 1 fully saturated rings. The second-order valence-corrected chi connectivity index (χ2v) is 9.29. The second kappa shape index (κ2) is 9.59. The molecule has 0 heterocycles. The van der Waals surface area contributed by atoms with Gasteiger partial charge < -0.3 is 10.6 Å². The number of Topliss-reactive ketones (excluding diaryl/α,β-unsaturated/α-hetero) is 1. The minimum absolute atomic E-state index is 0.0102. The Hall–Kier alpha value is -3.18. The molecule has 5 nitrogen and oxygen atoms in total. The molecule has 1 saturated carbocycles. The van der Waals surface area contributed by atoms with Gasteiger partial charge in [-0.05, 0) is 48.8 Å². The van der Waals surface area contributed by atoms with Crippen molar-refractivity contribution in [3.05, 3.63) is 59.7 Å². The van der Waals surface area contributed by atoms with Crippen LogP contribution >= 0.6 is 0 Å². The van der Waals surface area contributed by atoms with E-state index in [1.54, 1.807) is 36.4 Å². The number of nitrogens with zero attached hydrogens (tertiary/aromatic N) is 2. The third kappa shape index (κ3) is 5.31. The fourth-order valence-electron chi connectivity index (χ4n) is 4.14. The summed E-state index contributed by atoms with van der Waals surface area (Å²) in [6.07, 6.45) is -4.23. The van der Waals surface area contributed by atoms with E-state index in [1.165, 1.54) is 19.1 Å². The lowest BCUT2D eigenvalue weighted by Crippen LogP contribution is -2.54. The molecule has 8 heteroatoms. The number of carbonyl (C=O) groups is 2. The SMILES string of the molecule is CC(=O)c1ccc(-c2ccc([C@H](N(C(=O)[C@@H](N)CC(C)C)C3(C#N)CC3)C(F)(F)F)cc2)cc1. The molecule has 0 saturated heterocycles. The molecule has 0 aromatic heterocycles. The molecule has 0 radical (unpaired) electrons. The summed E-state index contributed by atoms with van der Waals surface area (Å²) in [7, 11) is 0. The van der Waals surface area contributed by atoms with Gasteiger partial charge in [-0.3, -0.25) is 9.59 Å². The first-order chi connectivity index (χ1) is 15.9. The van der Waals surface area contributed by atoms with Crippen LogP contribution in [0.25, 0.3) is 11.1 Å². The number of ketones is 1. The molecule has 34 heavy (non-hydrogen) atoms. The van der Waals surface area contributed by atoms with Crippen LogP contribution in [0, 0.1) is 17.2 Å². The van der Waals surface area contributed by atoms with E-state index in [1.807, 2.05) is 19.9 Å². The summed E-state index contributed by atoms with van der Waals surface area (Å²) < 4.78 is 43.2. The standard InChI is InChI=1S/C26H28F3N3O2/c1-16(2)14-22(31)24(34)32(25(15-30)12-13-25)23(26(27,28)29)21-10-8-20(9-11-21)19-6-4-18(5-7-19)17(3)33/h4-11,16,22-23H,12-14,31H2,1-3H3/t22-,23-/m0/s1. The predicted molar refractivity (Wildman–Crippen MR) is 123 cm³/mol. The fraction of sp³-hybridized carbons (Fsp3) is 0.423. The summed E-state index contributed by atoms with van der Waals surface area (Å²) in [5.74, 6) is -0.933. The molecule has 0 unspecified atom stereocenters. The van der Waals surface area contributed by atoms with Crippen LogP contribution in [0.4, 0.5) is 13.2 Å². The van der Waals surface area contributed by atoms with Gasteiger partial charge in [0.15, 0.2) is 11.8 Å². The van der Waals surface area contributed by atoms with Gasteiger partial charge in [0.25, 0.3) is 0 Å². The number of benzene rings is 2. The van der Waals surface area contributed by atoms with Gasteiger partial charge in [0.1, 0.15) is 5.54 Å². The first-order valence-corrected chi connectivity index (χ1v) is 11.2. The summed E-state index contributed by atoms with van der Waals surface area (Å²) in [5, 5.41) is 9.68. The largest absolute Gasteiger partial charge is 0.413 e. The van der Waals surface area contributed by atoms with Gasteiger partial charge in [-0.15, -0.1) is 0 Å². The van der Waals surface area contributed by atoms with E-state index >= 15 is 0 Å². The highest BCUT2D eigenvalue weighted by molar-refractivity contribution is 5.94. The van der Waals surface area contributed by atoms with Crippen molar-refractivity contribution in [3.8, 4) is 17.2 Å². The number of rotatable bonds is 8. The van der Waals surface area contributed by atoms with Crippen molar-refractivity contribution >= 4 is 11.7 Å². The summed E-state index contributed by atoms with van der Waals surface area (Å²) in [6, 6.07) is 11.0. The highest BCUT2D eigenvalue weighted by Crippen LogP contribution is 2.50. The van der Waals surface area contributed by atoms with Gasteiger partial charge in [-0.1, -0.05) is 62.4 Å². The molecule has 0 aliphatic heterocycles. The molecular weight excluding hydrogens is 443 g/mol. The van der Waals surface area contributed by atoms with E-state index < -0.39 is 29.7 Å². The molecular formula is C26H28F3N3O2. The van der Waals surface area contributed by atoms with Gasteiger partial charge in [0, 0.05) is 5.56 Å². The maximum absolute atomic E-state index is 14.4. The van der Waals surface area contributed by atoms with Crippen molar-refractivity contribution in [2.75, 3.05) is 0 Å². The van der Waals surface area contributed by atoms with Gasteiger partial charge in [0.05, 0.1) is 12.1 Å². The summed E-state index contributed by atoms with van der Waals surface area (Å²) in [4.78, 5) is 25.3. The molecule has 2 N–H and O–H groups in total. The Morgan fingerprint density at radius 1 is 1.06 bits per heavy atom. The summed E-state index contributed by atoms with van der Waals surface area (Å²) in [5.41, 5.74) is 6.29. The van der Waals surface area contributed by atoms with E-state index in [2.05, 4.69) is 0 Å². The number of amides is 1. The molecule has 0 spiro atoms. The van der Waals surface area contributed by atoms with Crippen LogP contribution in [0.1, 0.15) is 62.0 Å². The number of nitriles is 1. The highest BCUT2D eigenvalue weighted by Gasteiger charge is 2.60. The second-order valence-electron chi connectivity index (χ2n) is 9.29. The van der Waals surface area contributed by atoms with Crippen molar-refractivity contribution in [2.24, 2.45) is 11.7 Å². The molecule has 1 amide bonds. The molecule has 2 aromatic carbocycles. The van der Waals surface area contributed by atoms with Crippen molar-refractivity contribution < 1.29 is 22.8 Å². The Morgan fingerprint density at radius 2 is 1.56 bits per heavy atom. The minimum Gasteiger partial charge on any atom is -0.320 e. The quantitative estimate of drug-likeness (QED) is 0.521. The van der Waals surface area contributed by atoms with Crippen LogP contribution in [0.15, 0.2) is 48.5 Å². The predicted octanol–water partition coefficient (Wildman–Crippen LogP) is 5.42. The maximum atomic E-state index is 14.4. The van der Waals surface area contributed by atoms with Crippen LogP contribution in [0.5, 0.6) is 0 Å². The van der Waals surface area contributed by atoms with Crippen molar-refractivity contribution in [1.29, 1.82) is 5.26 Å². The number of hydrogen-bond acceptors (Lipinski definition) is 4. The van der Waals surface area contributed by atoms with Gasteiger partial charge in [-0.25, -0.2) is 0 Å². The Labute approximate surface area is 197 Å². The first kappa shape index (κ1) is 25.4. The number of nitrogens with two attached hydrogens (primary N) is 1. The van der Waals surface area contributed by atoms with Crippen LogP contribution in [0.3, 0.4) is 0 Å². The zero-order valence-electron chi connectivity index (χ0n) is 19.4. The number of carbonyl (C=O) groups excluding carboxylic acids is 2. The fourth-order valence-corrected chi connectivity index (χ4v) is 4.14. The number of alkyl halides is 3. The van der Waals surface area contributed by atoms with E-state index in [9.17, 15) is 28.0 Å². The molecule has 1 aliphatic rings. The molecule has 1 aliphatic carbocycles. The van der Waals surface area contributed by atoms with Crippen molar-refractivity contribution in [3.63, 3.8) is 0 Å². The molecule has 0 bridgehead atoms. The minimum atomic E-state index is -4.80. The monoisotopic (exact) mass is 471 g/mol. The highest BCUT2D eigenvalue weighted by atomic mass is 19.4. The van der Waals surface area contributed by atoms with Crippen LogP contribution in [0.2, 0.25) is 0 Å². The Bertz CT molecular complexity index is 1080. The van der Waals surface area contributed by atoms with Crippen LogP contribution in [-0.4, -0.2) is 34.3 Å². The zero-order chi connectivity index (χ0) is 25.3. The van der Waals surface area contributed by atoms with E-state index in [0.717, 1.165) is 5.56 Å². The smallest absolute Gasteiger partial charge is 0.320 e. The average molecular weight is 472 g/mol. The van der Waals surface area contributed by atoms with Gasteiger partial charge in [-0.2, -0.15) is 18.4 Å².